The van der Waals surface area contributed by atoms with E-state index in [1.165, 1.54) is 23.7 Å². The molecule has 3 aliphatic rings. The summed E-state index contributed by atoms with van der Waals surface area (Å²) in [7, 11) is 0. The Labute approximate surface area is 444 Å². The van der Waals surface area contributed by atoms with Crippen molar-refractivity contribution in [3.63, 3.8) is 0 Å². The molecule has 7 heterocycles. The number of pyridine rings is 2. The van der Waals surface area contributed by atoms with Gasteiger partial charge in [0.05, 0.1) is 58.7 Å². The highest BCUT2D eigenvalue weighted by Gasteiger charge is 2.44. The molecule has 6 aromatic rings. The first kappa shape index (κ1) is 53.3. The largest absolute Gasteiger partial charge is 0.481 e. The van der Waals surface area contributed by atoms with E-state index in [4.69, 9.17) is 9.47 Å². The van der Waals surface area contributed by atoms with Crippen molar-refractivity contribution in [2.24, 2.45) is 5.41 Å². The Balaban J connectivity index is 0.710. The van der Waals surface area contributed by atoms with Gasteiger partial charge in [-0.15, -0.1) is 11.3 Å². The summed E-state index contributed by atoms with van der Waals surface area (Å²) in [4.78, 5) is 95.7. The monoisotopic (exact) mass is 1060 g/mol. The summed E-state index contributed by atoms with van der Waals surface area (Å²) in [5.41, 5.74) is 7.48. The molecule has 5 aromatic heterocycles. The Morgan fingerprint density at radius 2 is 1.57 bits per heavy atom. The number of likely N-dealkylation sites (tertiary alicyclic amines) is 1. The number of nitrogens with zero attached hydrogens (tertiary/aromatic N) is 9. The Kier molecular flexibility index (Phi) is 16.5. The maximum Gasteiger partial charge on any atom is 0.411 e. The topological polar surface area (TPSA) is 251 Å². The van der Waals surface area contributed by atoms with E-state index in [0.29, 0.717) is 55.0 Å². The molecule has 3 atom stereocenters. The van der Waals surface area contributed by atoms with Crippen LogP contribution in [0.1, 0.15) is 76.2 Å². The number of nitrogens with one attached hydrogen (secondary N) is 4. The number of carbonyl (C=O) groups is 5. The highest BCUT2D eigenvalue weighted by Crippen LogP contribution is 2.30. The molecule has 9 rings (SSSR count). The second kappa shape index (κ2) is 23.5. The summed E-state index contributed by atoms with van der Waals surface area (Å²) in [6, 6.07) is 11.5. The minimum atomic E-state index is -1.02. The number of hydrogen-bond donors (Lipinski definition) is 5. The normalized spacial score (nSPS) is 17.8. The van der Waals surface area contributed by atoms with Gasteiger partial charge in [0, 0.05) is 69.2 Å². The van der Waals surface area contributed by atoms with Gasteiger partial charge in [-0.1, -0.05) is 51.5 Å². The number of aliphatic hydroxyl groups is 1. The standard InChI is InChI=1S/C54H65N13O8S/c1-33-42(60-53(73)75-40-9-7-6-8-10-40)21-38(24-55-33)37-15-16-45-61-44(29-66(45)27-37)62-46(69)30-64-17-19-65(20-18-64)52-57-25-41(26-58-52)74-31-47(70)63-49(54(3,4)5)51(72)67-28-39(68)22-43(67)50(71)56-23-35-11-13-36(14-12-35)48-34(2)59-32-76-48/h11-16,21,24-27,29,32,39-40,43,49,68H,6-10,17-20,22-23,28,30-31H2,1-5H3,(H,56,71)(H,60,73)(H,62,69)(H,63,70)/t39-,43+,49-/m1/s1. The number of fused-ring (bicyclic) bond motifs is 1. The molecular weight excluding hydrogens is 991 g/mol. The van der Waals surface area contributed by atoms with Gasteiger partial charge in [0.25, 0.3) is 5.91 Å². The zero-order valence-electron chi connectivity index (χ0n) is 43.5. The molecule has 76 heavy (non-hydrogen) atoms. The SMILES string of the molecule is Cc1ncc(-c2ccc3nc(NC(=O)CN4CCN(c5ncc(OCC(=O)N[C@H](C(=O)N6C[C@H](O)C[C@H]6C(=O)NCc6ccc(-c7scnc7C)cc6)C(C)(C)C)cn5)CC4)cn3c2)cc1NC(=O)OC1CCCCC1. The number of thiazole rings is 1. The summed E-state index contributed by atoms with van der Waals surface area (Å²) in [5, 5.41) is 22.2. The molecule has 2 saturated heterocycles. The van der Waals surface area contributed by atoms with Gasteiger partial charge >= 0.3 is 6.09 Å². The number of carbonyl (C=O) groups excluding carboxylic acids is 5. The third-order valence-electron chi connectivity index (χ3n) is 13.9. The van der Waals surface area contributed by atoms with E-state index < -0.39 is 54.0 Å². The van der Waals surface area contributed by atoms with E-state index in [9.17, 15) is 29.1 Å². The Hall–Kier alpha value is -7.56. The van der Waals surface area contributed by atoms with E-state index in [2.05, 4.69) is 46.2 Å². The van der Waals surface area contributed by atoms with Crippen LogP contribution in [0.2, 0.25) is 0 Å². The van der Waals surface area contributed by atoms with Gasteiger partial charge in [-0.05, 0) is 74.3 Å². The van der Waals surface area contributed by atoms with Crippen molar-refractivity contribution in [3.05, 3.63) is 95.9 Å². The number of β-amino-alcohol motifs (C(OH)–C–C–N with tert-alkyl or cyclic N) is 1. The molecule has 0 spiro atoms. The fourth-order valence-corrected chi connectivity index (χ4v) is 10.5. The number of aromatic nitrogens is 6. The number of ether oxygens (including phenoxy) is 2. The minimum absolute atomic E-state index is 0.0448. The van der Waals surface area contributed by atoms with E-state index >= 15 is 0 Å². The third kappa shape index (κ3) is 13.3. The molecule has 21 nitrogen and oxygen atoms in total. The number of hydrogen-bond acceptors (Lipinski definition) is 16. The van der Waals surface area contributed by atoms with Crippen LogP contribution in [0.5, 0.6) is 5.75 Å². The van der Waals surface area contributed by atoms with Gasteiger partial charge in [0.1, 0.15) is 23.8 Å². The highest BCUT2D eigenvalue weighted by molar-refractivity contribution is 7.13. The lowest BCUT2D eigenvalue weighted by molar-refractivity contribution is -0.144. The number of benzene rings is 1. The molecule has 1 aromatic carbocycles. The summed E-state index contributed by atoms with van der Waals surface area (Å²) >= 11 is 1.57. The number of aryl methyl sites for hydroxylation is 2. The number of piperazine rings is 1. The average Bonchev–Trinajstić information content (AvgIpc) is 4.15. The Morgan fingerprint density at radius 1 is 0.829 bits per heavy atom. The third-order valence-corrected chi connectivity index (χ3v) is 14.9. The van der Waals surface area contributed by atoms with Crippen LogP contribution in [0.3, 0.4) is 0 Å². The first-order valence-electron chi connectivity index (χ1n) is 25.7. The van der Waals surface area contributed by atoms with Crippen molar-refractivity contribution < 1.29 is 38.6 Å². The zero-order valence-corrected chi connectivity index (χ0v) is 44.3. The molecule has 5 N–H and O–H groups in total. The maximum atomic E-state index is 14.1. The maximum absolute atomic E-state index is 14.1. The van der Waals surface area contributed by atoms with Gasteiger partial charge < -0.3 is 44.7 Å². The molecule has 5 amide bonds. The van der Waals surface area contributed by atoms with Crippen LogP contribution < -0.4 is 30.9 Å². The van der Waals surface area contributed by atoms with Crippen molar-refractivity contribution in [2.75, 3.05) is 61.4 Å². The lowest BCUT2D eigenvalue weighted by Gasteiger charge is -2.35. The fourth-order valence-electron chi connectivity index (χ4n) is 9.68. The molecule has 3 fully saturated rings. The molecule has 400 valence electrons. The second-order valence-corrected chi connectivity index (χ2v) is 21.6. The van der Waals surface area contributed by atoms with Crippen molar-refractivity contribution in [3.8, 4) is 27.3 Å². The molecule has 0 unspecified atom stereocenters. The summed E-state index contributed by atoms with van der Waals surface area (Å²) < 4.78 is 13.2. The number of anilines is 3. The number of amides is 5. The summed E-state index contributed by atoms with van der Waals surface area (Å²) in [6.45, 7) is 11.5. The van der Waals surface area contributed by atoms with Gasteiger partial charge in [-0.2, -0.15) is 0 Å². The van der Waals surface area contributed by atoms with Crippen LogP contribution in [-0.4, -0.2) is 144 Å². The van der Waals surface area contributed by atoms with Crippen LogP contribution in [0.4, 0.5) is 22.2 Å². The minimum Gasteiger partial charge on any atom is -0.481 e. The lowest BCUT2D eigenvalue weighted by atomic mass is 9.85. The van der Waals surface area contributed by atoms with Crippen molar-refractivity contribution >= 4 is 64.2 Å². The Bertz CT molecular complexity index is 3040. The second-order valence-electron chi connectivity index (χ2n) is 20.7. The van der Waals surface area contributed by atoms with Crippen LogP contribution in [0.15, 0.2) is 79.0 Å². The average molecular weight is 1060 g/mol. The molecule has 1 saturated carbocycles. The lowest BCUT2D eigenvalue weighted by Crippen LogP contribution is -2.58. The first-order valence-corrected chi connectivity index (χ1v) is 26.6. The molecular formula is C54H65N13O8S. The van der Waals surface area contributed by atoms with E-state index in [0.717, 1.165) is 58.5 Å². The van der Waals surface area contributed by atoms with Crippen molar-refractivity contribution in [1.82, 2.24) is 49.8 Å². The first-order chi connectivity index (χ1) is 36.5. The fraction of sp³-hybridized carbons (Fsp3) is 0.444. The van der Waals surface area contributed by atoms with Crippen molar-refractivity contribution in [2.45, 2.75) is 104 Å². The van der Waals surface area contributed by atoms with E-state index in [1.807, 2.05) is 103 Å². The van der Waals surface area contributed by atoms with Crippen LogP contribution >= 0.6 is 11.3 Å². The molecule has 2 aliphatic heterocycles. The van der Waals surface area contributed by atoms with Crippen LogP contribution in [0, 0.1) is 19.3 Å². The molecule has 0 radical (unpaired) electrons. The summed E-state index contributed by atoms with van der Waals surface area (Å²) in [6.07, 6.45) is 12.1. The van der Waals surface area contributed by atoms with Crippen molar-refractivity contribution in [1.29, 1.82) is 0 Å². The highest BCUT2D eigenvalue weighted by atomic mass is 32.1. The van der Waals surface area contributed by atoms with E-state index in [1.54, 1.807) is 23.7 Å². The number of rotatable bonds is 16. The smallest absolute Gasteiger partial charge is 0.411 e. The van der Waals surface area contributed by atoms with Gasteiger partial charge in [0.15, 0.2) is 18.2 Å². The number of aliphatic hydroxyl groups excluding tert-OH is 1. The van der Waals surface area contributed by atoms with Crippen LogP contribution in [0.25, 0.3) is 27.2 Å². The van der Waals surface area contributed by atoms with Gasteiger partial charge in [-0.25, -0.2) is 24.7 Å². The Morgan fingerprint density at radius 3 is 2.28 bits per heavy atom. The van der Waals surface area contributed by atoms with E-state index in [-0.39, 0.29) is 43.8 Å². The summed E-state index contributed by atoms with van der Waals surface area (Å²) in [5.74, 6) is -0.479. The van der Waals surface area contributed by atoms with Crippen LogP contribution in [-0.2, 0) is 30.5 Å². The van der Waals surface area contributed by atoms with Gasteiger partial charge in [0.2, 0.25) is 23.7 Å². The number of imidazole rings is 1. The molecule has 22 heteroatoms. The quantitative estimate of drug-likeness (QED) is 0.0774. The molecule has 0 bridgehead atoms. The zero-order chi connectivity index (χ0) is 53.5. The predicted octanol–water partition coefficient (Wildman–Crippen LogP) is 5.76. The molecule has 1 aliphatic carbocycles. The predicted molar refractivity (Wildman–Crippen MR) is 287 cm³/mol. The van der Waals surface area contributed by atoms with Gasteiger partial charge in [-0.3, -0.25) is 34.4 Å².